The minimum Gasteiger partial charge on any atom is -0.364 e. The molecule has 114 valence electrons. The van der Waals surface area contributed by atoms with Gasteiger partial charge in [-0.25, -0.2) is 9.97 Å². The lowest BCUT2D eigenvalue weighted by Crippen LogP contribution is -2.31. The molecule has 1 saturated heterocycles. The second-order valence-corrected chi connectivity index (χ2v) is 5.49. The second-order valence-electron chi connectivity index (χ2n) is 5.49. The molecule has 0 aliphatic carbocycles. The van der Waals surface area contributed by atoms with E-state index in [1.54, 1.807) is 6.07 Å². The molecule has 0 bridgehead atoms. The van der Waals surface area contributed by atoms with Gasteiger partial charge in [0, 0.05) is 25.2 Å². The summed E-state index contributed by atoms with van der Waals surface area (Å²) in [6, 6.07) is 1.67. The maximum Gasteiger partial charge on any atom is 0.267 e. The molecule has 1 unspecified atom stereocenters. The summed E-state index contributed by atoms with van der Waals surface area (Å²) in [5.74, 6) is 0.184. The highest BCUT2D eigenvalue weighted by Crippen LogP contribution is 2.21. The Morgan fingerprint density at radius 1 is 1.33 bits per heavy atom. The van der Waals surface area contributed by atoms with Gasteiger partial charge in [-0.2, -0.15) is 0 Å². The fourth-order valence-electron chi connectivity index (χ4n) is 2.78. The number of rotatable bonds is 4. The standard InChI is InChI=1S/C15H22N4O2/c1-2-14(20)19-6-3-4-11(5-7-19)8-12-9-13(15(16)21)18-10-17-12/h9-11H,2-8H2,1H3,(H2,16,21). The van der Waals surface area contributed by atoms with Gasteiger partial charge in [-0.3, -0.25) is 9.59 Å². The molecule has 0 radical (unpaired) electrons. The average Bonchev–Trinajstić information content (AvgIpc) is 2.72. The zero-order valence-corrected chi connectivity index (χ0v) is 12.4. The van der Waals surface area contributed by atoms with Crippen LogP contribution in [0.15, 0.2) is 12.4 Å². The molecule has 1 aliphatic heterocycles. The Bertz CT molecular complexity index is 518. The lowest BCUT2D eigenvalue weighted by atomic mass is 9.95. The molecule has 1 aromatic heterocycles. The summed E-state index contributed by atoms with van der Waals surface area (Å²) >= 11 is 0. The fraction of sp³-hybridized carbons (Fsp3) is 0.600. The normalized spacial score (nSPS) is 19.1. The van der Waals surface area contributed by atoms with Crippen molar-refractivity contribution in [3.8, 4) is 0 Å². The van der Waals surface area contributed by atoms with Crippen LogP contribution in [0, 0.1) is 5.92 Å². The topological polar surface area (TPSA) is 89.2 Å². The number of carbonyl (C=O) groups is 2. The molecule has 6 heteroatoms. The molecular weight excluding hydrogens is 268 g/mol. The molecule has 6 nitrogen and oxygen atoms in total. The number of likely N-dealkylation sites (tertiary alicyclic amines) is 1. The van der Waals surface area contributed by atoms with Crippen LogP contribution >= 0.6 is 0 Å². The number of aromatic nitrogens is 2. The molecule has 2 rings (SSSR count). The molecule has 2 amide bonds. The summed E-state index contributed by atoms with van der Waals surface area (Å²) in [6.07, 6.45) is 5.82. The van der Waals surface area contributed by atoms with Gasteiger partial charge >= 0.3 is 0 Å². The maximum absolute atomic E-state index is 11.8. The first-order valence-corrected chi connectivity index (χ1v) is 7.48. The first-order chi connectivity index (χ1) is 10.1. The number of amides is 2. The Balaban J connectivity index is 1.96. The Labute approximate surface area is 124 Å². The van der Waals surface area contributed by atoms with Crippen molar-refractivity contribution in [1.29, 1.82) is 0 Å². The minimum atomic E-state index is -0.528. The van der Waals surface area contributed by atoms with Gasteiger partial charge < -0.3 is 10.6 Å². The Morgan fingerprint density at radius 3 is 2.86 bits per heavy atom. The quantitative estimate of drug-likeness (QED) is 0.901. The number of carbonyl (C=O) groups excluding carboxylic acids is 2. The number of hydrogen-bond acceptors (Lipinski definition) is 4. The van der Waals surface area contributed by atoms with Crippen molar-refractivity contribution >= 4 is 11.8 Å². The van der Waals surface area contributed by atoms with Crippen LogP contribution in [-0.4, -0.2) is 39.8 Å². The summed E-state index contributed by atoms with van der Waals surface area (Å²) in [6.45, 7) is 3.56. The van der Waals surface area contributed by atoms with Gasteiger partial charge in [-0.15, -0.1) is 0 Å². The van der Waals surface area contributed by atoms with Crippen LogP contribution < -0.4 is 5.73 Å². The van der Waals surface area contributed by atoms with Crippen LogP contribution in [0.5, 0.6) is 0 Å². The van der Waals surface area contributed by atoms with E-state index in [9.17, 15) is 9.59 Å². The predicted octanol–water partition coefficient (Wildman–Crippen LogP) is 1.16. The van der Waals surface area contributed by atoms with Crippen LogP contribution in [-0.2, 0) is 11.2 Å². The van der Waals surface area contributed by atoms with Crippen LogP contribution in [0.4, 0.5) is 0 Å². The first-order valence-electron chi connectivity index (χ1n) is 7.48. The summed E-state index contributed by atoms with van der Waals surface area (Å²) < 4.78 is 0. The van der Waals surface area contributed by atoms with Gasteiger partial charge in [0.2, 0.25) is 5.91 Å². The van der Waals surface area contributed by atoms with Crippen molar-refractivity contribution in [2.75, 3.05) is 13.1 Å². The van der Waals surface area contributed by atoms with E-state index in [1.807, 2.05) is 11.8 Å². The lowest BCUT2D eigenvalue weighted by molar-refractivity contribution is -0.130. The predicted molar refractivity (Wildman–Crippen MR) is 78.5 cm³/mol. The highest BCUT2D eigenvalue weighted by atomic mass is 16.2. The SMILES string of the molecule is CCC(=O)N1CCCC(Cc2cc(C(N)=O)ncn2)CC1. The van der Waals surface area contributed by atoms with Crippen molar-refractivity contribution in [2.45, 2.75) is 39.0 Å². The summed E-state index contributed by atoms with van der Waals surface area (Å²) in [4.78, 5) is 32.9. The minimum absolute atomic E-state index is 0.230. The number of nitrogens with two attached hydrogens (primary N) is 1. The zero-order valence-electron chi connectivity index (χ0n) is 12.4. The van der Waals surface area contributed by atoms with Gasteiger partial charge in [0.05, 0.1) is 0 Å². The average molecular weight is 290 g/mol. The van der Waals surface area contributed by atoms with Crippen LogP contribution in [0.1, 0.15) is 48.8 Å². The number of nitrogens with zero attached hydrogens (tertiary/aromatic N) is 3. The molecule has 1 fully saturated rings. The van der Waals surface area contributed by atoms with E-state index in [2.05, 4.69) is 9.97 Å². The molecular formula is C15H22N4O2. The van der Waals surface area contributed by atoms with E-state index in [0.29, 0.717) is 12.3 Å². The van der Waals surface area contributed by atoms with Gasteiger partial charge in [0.15, 0.2) is 0 Å². The van der Waals surface area contributed by atoms with E-state index < -0.39 is 5.91 Å². The highest BCUT2D eigenvalue weighted by Gasteiger charge is 2.20. The fourth-order valence-corrected chi connectivity index (χ4v) is 2.78. The molecule has 2 N–H and O–H groups in total. The highest BCUT2D eigenvalue weighted by molar-refractivity contribution is 5.90. The van der Waals surface area contributed by atoms with Crippen molar-refractivity contribution in [1.82, 2.24) is 14.9 Å². The van der Waals surface area contributed by atoms with E-state index in [0.717, 1.165) is 44.5 Å². The van der Waals surface area contributed by atoms with Gasteiger partial charge in [-0.1, -0.05) is 6.92 Å². The summed E-state index contributed by atoms with van der Waals surface area (Å²) in [7, 11) is 0. The summed E-state index contributed by atoms with van der Waals surface area (Å²) in [5, 5.41) is 0. The molecule has 2 heterocycles. The van der Waals surface area contributed by atoms with E-state index in [-0.39, 0.29) is 11.6 Å². The van der Waals surface area contributed by atoms with Gasteiger partial charge in [0.1, 0.15) is 12.0 Å². The van der Waals surface area contributed by atoms with E-state index >= 15 is 0 Å². The smallest absolute Gasteiger partial charge is 0.267 e. The van der Waals surface area contributed by atoms with Crippen molar-refractivity contribution in [3.63, 3.8) is 0 Å². The monoisotopic (exact) mass is 290 g/mol. The Kier molecular flexibility index (Phi) is 5.25. The van der Waals surface area contributed by atoms with Crippen molar-refractivity contribution in [3.05, 3.63) is 23.8 Å². The van der Waals surface area contributed by atoms with Gasteiger partial charge in [0.25, 0.3) is 5.91 Å². The zero-order chi connectivity index (χ0) is 15.2. The van der Waals surface area contributed by atoms with Gasteiger partial charge in [-0.05, 0) is 37.7 Å². The van der Waals surface area contributed by atoms with E-state index in [1.165, 1.54) is 6.33 Å². The molecule has 1 aliphatic rings. The molecule has 1 atom stereocenters. The second kappa shape index (κ2) is 7.15. The Hall–Kier alpha value is -1.98. The molecule has 0 aromatic carbocycles. The maximum atomic E-state index is 11.8. The van der Waals surface area contributed by atoms with Crippen molar-refractivity contribution in [2.24, 2.45) is 11.7 Å². The van der Waals surface area contributed by atoms with E-state index in [4.69, 9.17) is 5.73 Å². The van der Waals surface area contributed by atoms with Crippen LogP contribution in [0.25, 0.3) is 0 Å². The largest absolute Gasteiger partial charge is 0.364 e. The molecule has 0 saturated carbocycles. The number of primary amides is 1. The molecule has 1 aromatic rings. The number of hydrogen-bond donors (Lipinski definition) is 1. The first kappa shape index (κ1) is 15.4. The Morgan fingerprint density at radius 2 is 2.14 bits per heavy atom. The molecule has 21 heavy (non-hydrogen) atoms. The third-order valence-electron chi connectivity index (χ3n) is 3.98. The van der Waals surface area contributed by atoms with Crippen LogP contribution in [0.3, 0.4) is 0 Å². The molecule has 0 spiro atoms. The van der Waals surface area contributed by atoms with Crippen molar-refractivity contribution < 1.29 is 9.59 Å². The lowest BCUT2D eigenvalue weighted by Gasteiger charge is -2.19. The third-order valence-corrected chi connectivity index (χ3v) is 3.98. The summed E-state index contributed by atoms with van der Waals surface area (Å²) in [5.41, 5.74) is 6.34. The van der Waals surface area contributed by atoms with Crippen LogP contribution in [0.2, 0.25) is 0 Å². The third kappa shape index (κ3) is 4.24.